The molecule has 0 spiro atoms. The summed E-state index contributed by atoms with van der Waals surface area (Å²) >= 11 is 0. The van der Waals surface area contributed by atoms with Crippen molar-refractivity contribution in [3.05, 3.63) is 0 Å². The maximum atomic E-state index is 2.30. The largest absolute Gasteiger partial charge is 0.335 e. The molecule has 1 fully saturated rings. The van der Waals surface area contributed by atoms with E-state index in [9.17, 15) is 0 Å². The third kappa shape index (κ3) is 8.97. The molecule has 0 aromatic heterocycles. The standard InChI is InChI=1S/C17H35N/c1-2-3-4-5-6-7-8-9-12-15-18-16-13-10-11-14-17-18/h2-17H2,1H3/p+1. The van der Waals surface area contributed by atoms with Crippen LogP contribution in [0, 0.1) is 0 Å². The minimum absolute atomic E-state index is 1.37. The van der Waals surface area contributed by atoms with Crippen LogP contribution in [0.4, 0.5) is 0 Å². The lowest BCUT2D eigenvalue weighted by Crippen LogP contribution is -3.11. The van der Waals surface area contributed by atoms with Crippen LogP contribution in [0.1, 0.15) is 90.4 Å². The molecule has 0 aromatic rings. The summed E-state index contributed by atoms with van der Waals surface area (Å²) in [5.74, 6) is 0. The summed E-state index contributed by atoms with van der Waals surface area (Å²) in [7, 11) is 0. The van der Waals surface area contributed by atoms with E-state index in [0.717, 1.165) is 0 Å². The van der Waals surface area contributed by atoms with Gasteiger partial charge in [-0.05, 0) is 38.5 Å². The third-order valence-corrected chi connectivity index (χ3v) is 4.44. The molecular weight excluding hydrogens is 218 g/mol. The van der Waals surface area contributed by atoms with Gasteiger partial charge in [0.05, 0.1) is 19.6 Å². The van der Waals surface area contributed by atoms with Crippen molar-refractivity contribution < 1.29 is 4.90 Å². The van der Waals surface area contributed by atoms with E-state index in [0.29, 0.717) is 0 Å². The fourth-order valence-corrected chi connectivity index (χ4v) is 3.16. The van der Waals surface area contributed by atoms with E-state index < -0.39 is 0 Å². The van der Waals surface area contributed by atoms with Gasteiger partial charge in [0.15, 0.2) is 0 Å². The van der Waals surface area contributed by atoms with Crippen molar-refractivity contribution in [1.29, 1.82) is 0 Å². The summed E-state index contributed by atoms with van der Waals surface area (Å²) in [4.78, 5) is 1.90. The number of likely N-dealkylation sites (tertiary alicyclic amines) is 1. The molecule has 1 rings (SSSR count). The highest BCUT2D eigenvalue weighted by Gasteiger charge is 2.10. The zero-order valence-corrected chi connectivity index (χ0v) is 12.8. The number of hydrogen-bond acceptors (Lipinski definition) is 0. The molecule has 0 unspecified atom stereocenters. The number of nitrogens with one attached hydrogen (secondary N) is 1. The molecule has 0 aromatic carbocycles. The highest BCUT2D eigenvalue weighted by Crippen LogP contribution is 2.09. The first-order chi connectivity index (χ1) is 8.93. The van der Waals surface area contributed by atoms with Crippen LogP contribution in [0.25, 0.3) is 0 Å². The second-order valence-electron chi connectivity index (χ2n) is 6.24. The van der Waals surface area contributed by atoms with Crippen LogP contribution >= 0.6 is 0 Å². The minimum Gasteiger partial charge on any atom is -0.335 e. The summed E-state index contributed by atoms with van der Waals surface area (Å²) in [6.07, 6.45) is 19.1. The Kier molecular flexibility index (Phi) is 10.7. The monoisotopic (exact) mass is 254 g/mol. The zero-order chi connectivity index (χ0) is 12.9. The van der Waals surface area contributed by atoms with Crippen LogP contribution in [0.3, 0.4) is 0 Å². The van der Waals surface area contributed by atoms with E-state index in [1.54, 1.807) is 0 Å². The van der Waals surface area contributed by atoms with E-state index >= 15 is 0 Å². The van der Waals surface area contributed by atoms with Crippen molar-refractivity contribution in [1.82, 2.24) is 0 Å². The predicted molar refractivity (Wildman–Crippen MR) is 81.3 cm³/mol. The Morgan fingerprint density at radius 3 is 1.67 bits per heavy atom. The Morgan fingerprint density at radius 1 is 0.611 bits per heavy atom. The molecule has 0 atom stereocenters. The molecule has 1 nitrogen and oxygen atoms in total. The van der Waals surface area contributed by atoms with E-state index in [2.05, 4.69) is 6.92 Å². The highest BCUT2D eigenvalue weighted by atomic mass is 15.1. The van der Waals surface area contributed by atoms with Crippen LogP contribution in [-0.2, 0) is 0 Å². The Labute approximate surface area is 115 Å². The quantitative estimate of drug-likeness (QED) is 0.563. The summed E-state index contributed by atoms with van der Waals surface area (Å²) in [6.45, 7) is 6.66. The molecule has 0 radical (unpaired) electrons. The zero-order valence-electron chi connectivity index (χ0n) is 12.8. The van der Waals surface area contributed by atoms with Crippen molar-refractivity contribution in [3.8, 4) is 0 Å². The molecule has 1 heterocycles. The lowest BCUT2D eigenvalue weighted by atomic mass is 10.1. The maximum absolute atomic E-state index is 2.30. The smallest absolute Gasteiger partial charge is 0.0770 e. The van der Waals surface area contributed by atoms with E-state index in [1.807, 2.05) is 4.90 Å². The SMILES string of the molecule is CCCCCCCCCCC[NH+]1CCCCCC1. The second-order valence-corrected chi connectivity index (χ2v) is 6.24. The van der Waals surface area contributed by atoms with Gasteiger partial charge in [0.25, 0.3) is 0 Å². The first-order valence-corrected chi connectivity index (χ1v) is 8.77. The Balaban J connectivity index is 1.80. The molecule has 1 heteroatoms. The van der Waals surface area contributed by atoms with Gasteiger partial charge in [-0.2, -0.15) is 0 Å². The third-order valence-electron chi connectivity index (χ3n) is 4.44. The van der Waals surface area contributed by atoms with Gasteiger partial charge in [0.2, 0.25) is 0 Å². The van der Waals surface area contributed by atoms with E-state index in [4.69, 9.17) is 0 Å². The van der Waals surface area contributed by atoms with E-state index in [1.165, 1.54) is 103 Å². The van der Waals surface area contributed by atoms with Crippen molar-refractivity contribution in [2.45, 2.75) is 90.4 Å². The molecule has 1 N–H and O–H groups in total. The fourth-order valence-electron chi connectivity index (χ4n) is 3.16. The van der Waals surface area contributed by atoms with Crippen molar-refractivity contribution in [3.63, 3.8) is 0 Å². The topological polar surface area (TPSA) is 4.44 Å². The normalized spacial score (nSPS) is 17.8. The molecule has 108 valence electrons. The van der Waals surface area contributed by atoms with E-state index in [-0.39, 0.29) is 0 Å². The van der Waals surface area contributed by atoms with Gasteiger partial charge in [-0.1, -0.05) is 51.9 Å². The molecule has 0 aliphatic carbocycles. The summed E-state index contributed by atoms with van der Waals surface area (Å²) < 4.78 is 0. The van der Waals surface area contributed by atoms with Gasteiger partial charge >= 0.3 is 0 Å². The molecule has 18 heavy (non-hydrogen) atoms. The first-order valence-electron chi connectivity index (χ1n) is 8.77. The van der Waals surface area contributed by atoms with Crippen molar-refractivity contribution in [2.24, 2.45) is 0 Å². The van der Waals surface area contributed by atoms with Crippen LogP contribution in [-0.4, -0.2) is 19.6 Å². The molecule has 1 saturated heterocycles. The first kappa shape index (κ1) is 16.0. The van der Waals surface area contributed by atoms with Gasteiger partial charge in [0, 0.05) is 0 Å². The molecule has 0 saturated carbocycles. The average molecular weight is 254 g/mol. The lowest BCUT2D eigenvalue weighted by Gasteiger charge is -2.16. The predicted octanol–water partition coefficient (Wildman–Crippen LogP) is 3.98. The summed E-state index contributed by atoms with van der Waals surface area (Å²) in [6, 6.07) is 0. The molecule has 1 aliphatic rings. The van der Waals surface area contributed by atoms with Crippen molar-refractivity contribution >= 4 is 0 Å². The van der Waals surface area contributed by atoms with Crippen LogP contribution in [0.15, 0.2) is 0 Å². The molecule has 0 amide bonds. The molecular formula is C17H36N+. The number of quaternary nitrogens is 1. The van der Waals surface area contributed by atoms with Crippen molar-refractivity contribution in [2.75, 3.05) is 19.6 Å². The van der Waals surface area contributed by atoms with Gasteiger partial charge in [-0.3, -0.25) is 0 Å². The molecule has 1 aliphatic heterocycles. The Hall–Kier alpha value is -0.0400. The minimum atomic E-state index is 1.37. The molecule has 0 bridgehead atoms. The van der Waals surface area contributed by atoms with Crippen LogP contribution in [0.5, 0.6) is 0 Å². The maximum Gasteiger partial charge on any atom is 0.0770 e. The van der Waals surface area contributed by atoms with Gasteiger partial charge in [0.1, 0.15) is 0 Å². The van der Waals surface area contributed by atoms with Gasteiger partial charge in [-0.15, -0.1) is 0 Å². The van der Waals surface area contributed by atoms with Crippen LogP contribution < -0.4 is 4.90 Å². The lowest BCUT2D eigenvalue weighted by molar-refractivity contribution is -0.899. The summed E-state index contributed by atoms with van der Waals surface area (Å²) in [5.41, 5.74) is 0. The van der Waals surface area contributed by atoms with Gasteiger partial charge in [-0.25, -0.2) is 0 Å². The van der Waals surface area contributed by atoms with Gasteiger partial charge < -0.3 is 4.90 Å². The highest BCUT2D eigenvalue weighted by molar-refractivity contribution is 4.49. The second kappa shape index (κ2) is 12.0. The number of hydrogen-bond donors (Lipinski definition) is 1. The Bertz CT molecular complexity index is 159. The number of unbranched alkanes of at least 4 members (excludes halogenated alkanes) is 8. The summed E-state index contributed by atoms with van der Waals surface area (Å²) in [5, 5.41) is 0. The van der Waals surface area contributed by atoms with Crippen LogP contribution in [0.2, 0.25) is 0 Å². The number of rotatable bonds is 10. The average Bonchev–Trinajstić information content (AvgIpc) is 2.65. The fraction of sp³-hybridized carbons (Fsp3) is 1.00. The Morgan fingerprint density at radius 2 is 1.11 bits per heavy atom.